The zero-order chi connectivity index (χ0) is 23.1. The number of fused-ring (bicyclic) bond motifs is 3. The zero-order valence-electron chi connectivity index (χ0n) is 20.1. The van der Waals surface area contributed by atoms with Crippen LogP contribution in [0.3, 0.4) is 0 Å². The van der Waals surface area contributed by atoms with Crippen LogP contribution in [0.5, 0.6) is 0 Å². The summed E-state index contributed by atoms with van der Waals surface area (Å²) in [4.78, 5) is 4.63. The lowest BCUT2D eigenvalue weighted by molar-refractivity contribution is 0.356. The Hall–Kier alpha value is -3.39. The molecule has 0 radical (unpaired) electrons. The van der Waals surface area contributed by atoms with Gasteiger partial charge < -0.3 is 4.42 Å². The second kappa shape index (κ2) is 8.27. The van der Waals surface area contributed by atoms with Crippen LogP contribution in [0.4, 0.5) is 0 Å². The van der Waals surface area contributed by atoms with E-state index in [2.05, 4.69) is 47.4 Å². The van der Waals surface area contributed by atoms with E-state index in [-0.39, 0.29) is 5.92 Å². The molecule has 1 saturated carbocycles. The van der Waals surface area contributed by atoms with Crippen molar-refractivity contribution in [3.63, 3.8) is 0 Å². The predicted molar refractivity (Wildman–Crippen MR) is 133 cm³/mol. The van der Waals surface area contributed by atoms with E-state index in [1.54, 1.807) is 6.20 Å². The molecule has 0 spiro atoms. The minimum absolute atomic E-state index is 0.0647. The molecule has 2 heteroatoms. The van der Waals surface area contributed by atoms with Gasteiger partial charge in [-0.3, -0.25) is 4.98 Å². The quantitative estimate of drug-likeness (QED) is 0.292. The number of benzene rings is 3. The van der Waals surface area contributed by atoms with Crippen molar-refractivity contribution < 1.29 is 7.16 Å². The largest absolute Gasteiger partial charge is 0.455 e. The number of aromatic nitrogens is 1. The maximum Gasteiger partial charge on any atom is 0.144 e. The van der Waals surface area contributed by atoms with Crippen molar-refractivity contribution in [1.29, 1.82) is 0 Å². The van der Waals surface area contributed by atoms with Gasteiger partial charge in [-0.2, -0.15) is 0 Å². The molecule has 1 fully saturated rings. The van der Waals surface area contributed by atoms with Gasteiger partial charge in [-0.05, 0) is 59.3 Å². The highest BCUT2D eigenvalue weighted by Crippen LogP contribution is 2.37. The van der Waals surface area contributed by atoms with Gasteiger partial charge >= 0.3 is 0 Å². The molecule has 2 nitrogen and oxygen atoms in total. The Kier molecular flexibility index (Phi) is 4.45. The summed E-state index contributed by atoms with van der Waals surface area (Å²) in [5, 5.41) is 2.12. The second-order valence-electron chi connectivity index (χ2n) is 8.77. The van der Waals surface area contributed by atoms with Crippen LogP contribution in [0.25, 0.3) is 44.3 Å². The van der Waals surface area contributed by atoms with Crippen LogP contribution in [0.2, 0.25) is 0 Å². The highest BCUT2D eigenvalue weighted by atomic mass is 16.3. The minimum Gasteiger partial charge on any atom is -0.455 e. The normalized spacial score (nSPS) is 16.2. The van der Waals surface area contributed by atoms with E-state index in [1.807, 2.05) is 36.4 Å². The van der Waals surface area contributed by atoms with Crippen LogP contribution in [0, 0.1) is 5.92 Å². The first-order valence-electron chi connectivity index (χ1n) is 12.6. The third-order valence-corrected chi connectivity index (χ3v) is 6.62. The first-order chi connectivity index (χ1) is 16.6. The van der Waals surface area contributed by atoms with Gasteiger partial charge in [0.2, 0.25) is 0 Å². The third-order valence-electron chi connectivity index (χ3n) is 6.62. The Bertz CT molecular complexity index is 1470. The third kappa shape index (κ3) is 3.60. The van der Waals surface area contributed by atoms with E-state index in [0.29, 0.717) is 5.56 Å². The van der Waals surface area contributed by atoms with Crippen LogP contribution in [-0.2, 0) is 6.37 Å². The molecule has 3 aromatic carbocycles. The maximum atomic E-state index is 8.89. The lowest BCUT2D eigenvalue weighted by Crippen LogP contribution is -2.09. The Balaban J connectivity index is 1.45. The lowest BCUT2D eigenvalue weighted by atomic mass is 9.85. The molecule has 0 N–H and O–H groups in total. The first-order valence-corrected chi connectivity index (χ1v) is 11.6. The summed E-state index contributed by atoms with van der Waals surface area (Å²) in [6.07, 6.45) is 5.73. The molecule has 1 aliphatic rings. The molecule has 158 valence electrons. The van der Waals surface area contributed by atoms with Crippen LogP contribution in [0.1, 0.15) is 40.4 Å². The fourth-order valence-corrected chi connectivity index (χ4v) is 4.96. The molecule has 2 heterocycles. The molecule has 0 atom stereocenters. The molecular formula is C30H27NO. The van der Waals surface area contributed by atoms with E-state index in [1.165, 1.54) is 12.0 Å². The number of nitrogens with zero attached hydrogens (tertiary/aromatic N) is 1. The summed E-state index contributed by atoms with van der Waals surface area (Å²) in [6.45, 7) is 0. The van der Waals surface area contributed by atoms with Crippen LogP contribution in [-0.4, -0.2) is 4.98 Å². The molecule has 5 aromatic rings. The minimum atomic E-state index is -1.36. The molecular weight excluding hydrogens is 390 g/mol. The smallest absolute Gasteiger partial charge is 0.144 e. The fraction of sp³-hybridized carbons (Fsp3) is 0.233. The van der Waals surface area contributed by atoms with Crippen LogP contribution >= 0.6 is 0 Å². The van der Waals surface area contributed by atoms with Gasteiger partial charge in [0.1, 0.15) is 11.2 Å². The predicted octanol–water partition coefficient (Wildman–Crippen LogP) is 8.44. The monoisotopic (exact) mass is 419 g/mol. The number of rotatable bonds is 4. The molecule has 0 unspecified atom stereocenters. The second-order valence-corrected chi connectivity index (χ2v) is 8.77. The van der Waals surface area contributed by atoms with Gasteiger partial charge in [0.05, 0.1) is 5.69 Å². The number of pyridine rings is 1. The van der Waals surface area contributed by atoms with Crippen molar-refractivity contribution in [1.82, 2.24) is 4.98 Å². The summed E-state index contributed by atoms with van der Waals surface area (Å²) in [7, 11) is 0. The van der Waals surface area contributed by atoms with E-state index >= 15 is 0 Å². The highest BCUT2D eigenvalue weighted by Gasteiger charge is 2.16. The van der Waals surface area contributed by atoms with Gasteiger partial charge in [0.15, 0.2) is 0 Å². The molecule has 0 bridgehead atoms. The van der Waals surface area contributed by atoms with Gasteiger partial charge in [-0.1, -0.05) is 80.6 Å². The molecule has 0 saturated heterocycles. The van der Waals surface area contributed by atoms with Crippen molar-refractivity contribution in [3.05, 3.63) is 90.6 Å². The van der Waals surface area contributed by atoms with E-state index in [4.69, 9.17) is 7.16 Å². The lowest BCUT2D eigenvalue weighted by Gasteiger charge is -2.21. The topological polar surface area (TPSA) is 26.0 Å². The Morgan fingerprint density at radius 2 is 1.69 bits per heavy atom. The van der Waals surface area contributed by atoms with Gasteiger partial charge in [-0.25, -0.2) is 0 Å². The molecule has 2 aromatic heterocycles. The van der Waals surface area contributed by atoms with Crippen molar-refractivity contribution in [2.24, 2.45) is 5.92 Å². The first kappa shape index (κ1) is 17.2. The molecule has 0 aliphatic heterocycles. The molecule has 1 aliphatic carbocycles. The number of hydrogen-bond donors (Lipinski definition) is 0. The molecule has 6 rings (SSSR count). The van der Waals surface area contributed by atoms with Gasteiger partial charge in [0.25, 0.3) is 0 Å². The molecule has 0 amide bonds. The summed E-state index contributed by atoms with van der Waals surface area (Å²) in [5.74, 6) is 0.0647. The zero-order valence-corrected chi connectivity index (χ0v) is 18.1. The summed E-state index contributed by atoms with van der Waals surface area (Å²) in [6, 6.07) is 26.6. The number of hydrogen-bond acceptors (Lipinski definition) is 2. The summed E-state index contributed by atoms with van der Waals surface area (Å²) in [5.41, 5.74) is 6.34. The van der Waals surface area contributed by atoms with Crippen molar-refractivity contribution in [2.75, 3.05) is 0 Å². The summed E-state index contributed by atoms with van der Waals surface area (Å²) >= 11 is 0. The van der Waals surface area contributed by atoms with Gasteiger partial charge in [-0.15, -0.1) is 0 Å². The van der Waals surface area contributed by atoms with Crippen molar-refractivity contribution >= 4 is 21.9 Å². The van der Waals surface area contributed by atoms with Crippen molar-refractivity contribution in [3.8, 4) is 22.4 Å². The molecule has 32 heavy (non-hydrogen) atoms. The SMILES string of the molecule is [2H]C([2H])(c1ccnc(-c2cccc3c2oc2ccc(-c4ccccc4)cc23)c1)C1CCCCC1. The van der Waals surface area contributed by atoms with E-state index < -0.39 is 6.37 Å². The Morgan fingerprint density at radius 1 is 0.812 bits per heavy atom. The summed E-state index contributed by atoms with van der Waals surface area (Å²) < 4.78 is 24.1. The van der Waals surface area contributed by atoms with Crippen molar-refractivity contribution in [2.45, 2.75) is 38.5 Å². The van der Waals surface area contributed by atoms with Crippen LogP contribution < -0.4 is 0 Å². The van der Waals surface area contributed by atoms with Crippen LogP contribution in [0.15, 0.2) is 89.5 Å². The number of para-hydroxylation sites is 1. The van der Waals surface area contributed by atoms with Gasteiger partial charge in [0, 0.05) is 25.3 Å². The average Bonchev–Trinajstić information content (AvgIpc) is 3.28. The van der Waals surface area contributed by atoms with E-state index in [0.717, 1.165) is 64.4 Å². The van der Waals surface area contributed by atoms with E-state index in [9.17, 15) is 0 Å². The highest BCUT2D eigenvalue weighted by molar-refractivity contribution is 6.10. The standard InChI is InChI=1S/C30H27NO/c1-3-8-21(9-4-1)18-22-16-17-31-28(19-22)26-13-7-12-25-27-20-24(23-10-5-2-6-11-23)14-15-29(27)32-30(25)26/h2,5-7,10-17,19-21H,1,3-4,8-9,18H2/i18D2. The number of furan rings is 1. The Labute approximate surface area is 191 Å². The maximum absolute atomic E-state index is 8.89. The fourth-order valence-electron chi connectivity index (χ4n) is 4.96. The average molecular weight is 420 g/mol. The Morgan fingerprint density at radius 3 is 2.56 bits per heavy atom.